The fraction of sp³-hybridized carbons (Fsp3) is 0.133. The predicted octanol–water partition coefficient (Wildman–Crippen LogP) is 26.8. The van der Waals surface area contributed by atoms with E-state index in [4.69, 9.17) is 15.3 Å². The second kappa shape index (κ2) is 31.5. The average molecular weight is 1340 g/mol. The standard InChI is InChI=1S/C90H81N9O3/c1-7-61-55-70(67-43-49-79(50-44-67)97(73-31-19-13-20-32-73)74-33-21-14-22-34-74)56-62(8-2)82(61)91-94-85-88(100)86(95-92-83-63(9-3)57-71(58-64(83)10-4)68-45-51-80(52-46-68)98(75-35-23-15-24-36-75)76-37-25-16-26-38-76)90(102)87(89(85)101)96-93-84-65(11-5)59-72(60-66(84)12-6)69-47-53-81(54-48-69)99(77-39-27-17-28-40-77)78-41-29-18-30-42-78/h13-60,100-102H,7-12H2,1-6H3. The third-order valence-electron chi connectivity index (χ3n) is 18.6. The van der Waals surface area contributed by atoms with Crippen LogP contribution in [0.4, 0.5) is 85.3 Å². The zero-order valence-corrected chi connectivity index (χ0v) is 58.3. The molecular weight excluding hydrogens is 1260 g/mol. The maximum absolute atomic E-state index is 12.5. The van der Waals surface area contributed by atoms with E-state index in [1.807, 2.05) is 109 Å². The van der Waals surface area contributed by atoms with Gasteiger partial charge in [-0.1, -0.05) is 187 Å². The third-order valence-corrected chi connectivity index (χ3v) is 18.6. The molecule has 0 aromatic heterocycles. The fourth-order valence-electron chi connectivity index (χ4n) is 13.3. The first-order chi connectivity index (χ1) is 50.1. The number of azo groups is 3. The van der Waals surface area contributed by atoms with Crippen molar-refractivity contribution < 1.29 is 15.3 Å². The molecule has 0 radical (unpaired) electrons. The van der Waals surface area contributed by atoms with Gasteiger partial charge in [0.15, 0.2) is 34.3 Å². The molecule has 13 aromatic carbocycles. The van der Waals surface area contributed by atoms with Crippen molar-refractivity contribution in [3.63, 3.8) is 0 Å². The van der Waals surface area contributed by atoms with Crippen LogP contribution in [-0.2, 0) is 38.5 Å². The number of phenolic OH excluding ortho intramolecular Hbond substituents is 3. The van der Waals surface area contributed by atoms with Crippen molar-refractivity contribution in [3.8, 4) is 50.6 Å². The summed E-state index contributed by atoms with van der Waals surface area (Å²) in [6.07, 6.45) is 3.61. The Hall–Kier alpha value is -12.5. The molecule has 12 nitrogen and oxygen atoms in total. The summed E-state index contributed by atoms with van der Waals surface area (Å²) in [6.45, 7) is 12.4. The first-order valence-electron chi connectivity index (χ1n) is 35.1. The number of anilines is 9. The van der Waals surface area contributed by atoms with Gasteiger partial charge in [-0.2, -0.15) is 0 Å². The summed E-state index contributed by atoms with van der Waals surface area (Å²) in [5.41, 5.74) is 21.6. The summed E-state index contributed by atoms with van der Waals surface area (Å²) < 4.78 is 0. The lowest BCUT2D eigenvalue weighted by atomic mass is 9.95. The molecule has 3 N–H and O–H groups in total. The summed E-state index contributed by atoms with van der Waals surface area (Å²) in [4.78, 5) is 6.71. The third kappa shape index (κ3) is 14.5. The number of para-hydroxylation sites is 6. The molecule has 0 aliphatic carbocycles. The van der Waals surface area contributed by atoms with Crippen LogP contribution in [0.3, 0.4) is 0 Å². The lowest BCUT2D eigenvalue weighted by molar-refractivity contribution is 0.432. The number of aryl methyl sites for hydroxylation is 6. The predicted molar refractivity (Wildman–Crippen MR) is 420 cm³/mol. The average Bonchev–Trinajstić information content (AvgIpc) is 0.767. The molecule has 504 valence electrons. The molecule has 0 unspecified atom stereocenters. The first kappa shape index (κ1) is 68.0. The number of nitrogens with zero attached hydrogens (tertiary/aromatic N) is 9. The molecule has 12 heteroatoms. The molecule has 13 rings (SSSR count). The number of phenols is 3. The van der Waals surface area contributed by atoms with E-state index >= 15 is 0 Å². The van der Waals surface area contributed by atoms with E-state index < -0.39 is 17.2 Å². The summed E-state index contributed by atoms with van der Waals surface area (Å²) in [7, 11) is 0. The lowest BCUT2D eigenvalue weighted by Gasteiger charge is -2.25. The van der Waals surface area contributed by atoms with Gasteiger partial charge in [-0.3, -0.25) is 0 Å². The summed E-state index contributed by atoms with van der Waals surface area (Å²) in [5.74, 6) is -1.90. The maximum atomic E-state index is 12.5. The molecule has 0 aliphatic rings. The highest BCUT2D eigenvalue weighted by Gasteiger charge is 2.27. The van der Waals surface area contributed by atoms with Crippen LogP contribution in [0, 0.1) is 0 Å². The summed E-state index contributed by atoms with van der Waals surface area (Å²) >= 11 is 0. The van der Waals surface area contributed by atoms with Gasteiger partial charge in [0.2, 0.25) is 0 Å². The van der Waals surface area contributed by atoms with Crippen molar-refractivity contribution in [2.24, 2.45) is 30.7 Å². The zero-order chi connectivity index (χ0) is 70.5. The number of rotatable bonds is 24. The minimum atomic E-state index is -0.633. The normalized spacial score (nSPS) is 11.5. The maximum Gasteiger partial charge on any atom is 0.179 e. The molecular formula is C90H81N9O3. The van der Waals surface area contributed by atoms with Crippen molar-refractivity contribution in [1.82, 2.24) is 0 Å². The van der Waals surface area contributed by atoms with Crippen molar-refractivity contribution >= 4 is 85.3 Å². The Morgan fingerprint density at radius 1 is 0.196 bits per heavy atom. The van der Waals surface area contributed by atoms with Crippen LogP contribution in [0.5, 0.6) is 17.2 Å². The Balaban J connectivity index is 0.874. The minimum absolute atomic E-state index is 0.354. The monoisotopic (exact) mass is 1340 g/mol. The van der Waals surface area contributed by atoms with E-state index in [0.717, 1.165) is 118 Å². The van der Waals surface area contributed by atoms with Crippen LogP contribution in [0.15, 0.2) is 322 Å². The molecule has 0 fully saturated rings. The van der Waals surface area contributed by atoms with E-state index in [9.17, 15) is 15.3 Å². The molecule has 0 heterocycles. The molecule has 102 heavy (non-hydrogen) atoms. The lowest BCUT2D eigenvalue weighted by Crippen LogP contribution is -2.09. The van der Waals surface area contributed by atoms with Gasteiger partial charge in [0.1, 0.15) is 0 Å². The van der Waals surface area contributed by atoms with Gasteiger partial charge in [-0.05, 0) is 251 Å². The van der Waals surface area contributed by atoms with Crippen LogP contribution >= 0.6 is 0 Å². The van der Waals surface area contributed by atoms with Crippen molar-refractivity contribution in [3.05, 3.63) is 325 Å². The first-order valence-corrected chi connectivity index (χ1v) is 35.1. The van der Waals surface area contributed by atoms with Crippen LogP contribution in [0.1, 0.15) is 74.9 Å². The van der Waals surface area contributed by atoms with Gasteiger partial charge in [-0.25, -0.2) is 0 Å². The number of benzene rings is 13. The van der Waals surface area contributed by atoms with E-state index in [-0.39, 0.29) is 17.1 Å². The molecule has 0 saturated heterocycles. The van der Waals surface area contributed by atoms with Crippen LogP contribution in [0.2, 0.25) is 0 Å². The Bertz CT molecular complexity index is 4390. The molecule has 0 atom stereocenters. The zero-order valence-electron chi connectivity index (χ0n) is 58.3. The van der Waals surface area contributed by atoms with Gasteiger partial charge in [0, 0.05) is 51.2 Å². The number of hydrogen-bond acceptors (Lipinski definition) is 12. The van der Waals surface area contributed by atoms with Gasteiger partial charge < -0.3 is 30.0 Å². The summed E-state index contributed by atoms with van der Waals surface area (Å²) in [5, 5.41) is 66.1. The smallest absolute Gasteiger partial charge is 0.179 e. The second-order valence-electron chi connectivity index (χ2n) is 24.9. The van der Waals surface area contributed by atoms with E-state index in [1.165, 1.54) is 0 Å². The molecule has 0 aliphatic heterocycles. The number of aromatic hydroxyl groups is 3. The number of hydrogen-bond donors (Lipinski definition) is 3. The van der Waals surface area contributed by atoms with Gasteiger partial charge in [-0.15, -0.1) is 30.7 Å². The Morgan fingerprint density at radius 3 is 0.520 bits per heavy atom. The van der Waals surface area contributed by atoms with Gasteiger partial charge >= 0.3 is 0 Å². The SMILES string of the molecule is CCc1cc(-c2ccc(N(c3ccccc3)c3ccccc3)cc2)cc(CC)c1N=Nc1c(O)c(N=Nc2c(CC)cc(-c3ccc(N(c4ccccc4)c4ccccc4)cc3)cc2CC)c(O)c(N=Nc2c(CC)cc(-c3ccc(N(c4ccccc4)c4ccccc4)cc3)cc2CC)c1O. The van der Waals surface area contributed by atoms with E-state index in [0.29, 0.717) is 55.6 Å². The van der Waals surface area contributed by atoms with Crippen molar-refractivity contribution in [2.45, 2.75) is 80.1 Å². The molecule has 0 bridgehead atoms. The van der Waals surface area contributed by atoms with E-state index in [1.54, 1.807) is 0 Å². The largest absolute Gasteiger partial charge is 0.504 e. The molecule has 0 spiro atoms. The topological polar surface area (TPSA) is 145 Å². The molecule has 13 aromatic rings. The molecule has 0 saturated carbocycles. The van der Waals surface area contributed by atoms with E-state index in [2.05, 4.69) is 254 Å². The Labute approximate surface area is 597 Å². The van der Waals surface area contributed by atoms with Crippen molar-refractivity contribution in [2.75, 3.05) is 14.7 Å². The summed E-state index contributed by atoms with van der Waals surface area (Å²) in [6, 6.07) is 100. The molecule has 0 amide bonds. The van der Waals surface area contributed by atoms with Crippen LogP contribution < -0.4 is 14.7 Å². The second-order valence-corrected chi connectivity index (χ2v) is 24.9. The van der Waals surface area contributed by atoms with Crippen LogP contribution in [-0.4, -0.2) is 15.3 Å². The quantitative estimate of drug-likeness (QED) is 0.0514. The van der Waals surface area contributed by atoms with Gasteiger partial charge in [0.25, 0.3) is 0 Å². The highest BCUT2D eigenvalue weighted by molar-refractivity contribution is 5.88. The highest BCUT2D eigenvalue weighted by atomic mass is 16.3. The van der Waals surface area contributed by atoms with Crippen LogP contribution in [0.25, 0.3) is 33.4 Å². The highest BCUT2D eigenvalue weighted by Crippen LogP contribution is 2.58. The fourth-order valence-corrected chi connectivity index (χ4v) is 13.3. The van der Waals surface area contributed by atoms with Crippen molar-refractivity contribution in [1.29, 1.82) is 0 Å². The Morgan fingerprint density at radius 2 is 0.353 bits per heavy atom. The minimum Gasteiger partial charge on any atom is -0.504 e. The Kier molecular flexibility index (Phi) is 21.0. The van der Waals surface area contributed by atoms with Gasteiger partial charge in [0.05, 0.1) is 17.1 Å².